The molecule has 0 atom stereocenters. The minimum atomic E-state index is -0.565. The molecule has 1 aliphatic carbocycles. The average molecular weight is 412 g/mol. The maximum absolute atomic E-state index is 12.1. The summed E-state index contributed by atoms with van der Waals surface area (Å²) in [5, 5.41) is 0. The van der Waals surface area contributed by atoms with Crippen molar-refractivity contribution in [3.05, 3.63) is 52.7 Å². The Morgan fingerprint density at radius 1 is 1.30 bits per heavy atom. The zero-order valence-corrected chi connectivity index (χ0v) is 19.0. The number of hydrogen-bond donors (Lipinski definition) is 0. The summed E-state index contributed by atoms with van der Waals surface area (Å²) in [5.74, 6) is 2.65. The van der Waals surface area contributed by atoms with Gasteiger partial charge in [0, 0.05) is 17.9 Å². The lowest BCUT2D eigenvalue weighted by Gasteiger charge is -2.27. The van der Waals surface area contributed by atoms with Gasteiger partial charge in [-0.3, -0.25) is 4.79 Å². The monoisotopic (exact) mass is 411 g/mol. The molecular formula is C25H33NO4. The van der Waals surface area contributed by atoms with Crippen LogP contribution in [0.3, 0.4) is 0 Å². The fourth-order valence-electron chi connectivity index (χ4n) is 3.94. The predicted octanol–water partition coefficient (Wildman–Crippen LogP) is 5.65. The first-order valence-electron chi connectivity index (χ1n) is 10.7. The highest BCUT2D eigenvalue weighted by Gasteiger charge is 2.31. The lowest BCUT2D eigenvalue weighted by molar-refractivity contribution is -0.150. The van der Waals surface area contributed by atoms with Crippen molar-refractivity contribution in [2.24, 2.45) is 5.41 Å². The topological polar surface area (TPSA) is 61.6 Å². The van der Waals surface area contributed by atoms with E-state index in [0.29, 0.717) is 19.4 Å². The van der Waals surface area contributed by atoms with Crippen LogP contribution in [0.25, 0.3) is 5.57 Å². The summed E-state index contributed by atoms with van der Waals surface area (Å²) in [6.45, 7) is 10.5. The lowest BCUT2D eigenvalue weighted by atomic mass is 9.79. The van der Waals surface area contributed by atoms with Crippen LogP contribution in [0.2, 0.25) is 0 Å². The van der Waals surface area contributed by atoms with Crippen molar-refractivity contribution in [3.63, 3.8) is 0 Å². The number of allylic oxidation sites excluding steroid dienone is 2. The average Bonchev–Trinajstić information content (AvgIpc) is 3.08. The standard InChI is InChI=1S/C25H33NO4/c1-16(2)23-26-21(17(3)30-23)13-14-29-22-12-8-10-19-18(9-7-11-20(19)22)15-25(4,5)24(27)28-6/h8-10,12,16H,7,11,13-15H2,1-6H3. The maximum atomic E-state index is 12.1. The maximum Gasteiger partial charge on any atom is 0.311 e. The predicted molar refractivity (Wildman–Crippen MR) is 118 cm³/mol. The summed E-state index contributed by atoms with van der Waals surface area (Å²) in [7, 11) is 1.44. The molecule has 0 bridgehead atoms. The summed E-state index contributed by atoms with van der Waals surface area (Å²) in [4.78, 5) is 16.8. The number of fused-ring (bicyclic) bond motifs is 1. The quantitative estimate of drug-likeness (QED) is 0.526. The van der Waals surface area contributed by atoms with Crippen molar-refractivity contribution < 1.29 is 18.7 Å². The molecule has 5 heteroatoms. The first kappa shape index (κ1) is 22.1. The number of ether oxygens (including phenoxy) is 2. The number of carbonyl (C=O) groups excluding carboxylic acids is 1. The Kier molecular flexibility index (Phi) is 6.69. The molecule has 2 aromatic rings. The number of esters is 1. The molecule has 0 N–H and O–H groups in total. The number of carbonyl (C=O) groups is 1. The van der Waals surface area contributed by atoms with Crippen LogP contribution >= 0.6 is 0 Å². The number of nitrogens with zero attached hydrogens (tertiary/aromatic N) is 1. The second-order valence-corrected chi connectivity index (χ2v) is 8.91. The molecule has 0 saturated heterocycles. The van der Waals surface area contributed by atoms with E-state index in [1.54, 1.807) is 0 Å². The van der Waals surface area contributed by atoms with Crippen LogP contribution in [0.1, 0.15) is 74.9 Å². The minimum absolute atomic E-state index is 0.188. The summed E-state index contributed by atoms with van der Waals surface area (Å²) < 4.78 is 16.9. The number of rotatable bonds is 8. The molecule has 0 radical (unpaired) electrons. The zero-order chi connectivity index (χ0) is 21.9. The molecule has 0 amide bonds. The number of methoxy groups -OCH3 is 1. The third-order valence-electron chi connectivity index (χ3n) is 5.63. The van der Waals surface area contributed by atoms with Crippen LogP contribution in [0.15, 0.2) is 28.7 Å². The zero-order valence-electron chi connectivity index (χ0n) is 19.0. The van der Waals surface area contributed by atoms with E-state index in [0.717, 1.165) is 35.9 Å². The molecule has 162 valence electrons. The molecule has 1 aromatic carbocycles. The van der Waals surface area contributed by atoms with E-state index in [4.69, 9.17) is 13.9 Å². The van der Waals surface area contributed by atoms with Gasteiger partial charge in [-0.2, -0.15) is 0 Å². The smallest absolute Gasteiger partial charge is 0.311 e. The normalized spacial score (nSPS) is 13.8. The van der Waals surface area contributed by atoms with Crippen molar-refractivity contribution in [2.45, 2.75) is 66.2 Å². The van der Waals surface area contributed by atoms with Crippen LogP contribution in [0.5, 0.6) is 5.75 Å². The van der Waals surface area contributed by atoms with Gasteiger partial charge in [0.1, 0.15) is 11.5 Å². The van der Waals surface area contributed by atoms with Gasteiger partial charge in [0.05, 0.1) is 24.8 Å². The van der Waals surface area contributed by atoms with Gasteiger partial charge >= 0.3 is 5.97 Å². The fourth-order valence-corrected chi connectivity index (χ4v) is 3.94. The summed E-state index contributed by atoms with van der Waals surface area (Å²) in [5.41, 5.74) is 3.98. The number of aromatic nitrogens is 1. The number of hydrogen-bond acceptors (Lipinski definition) is 5. The van der Waals surface area contributed by atoms with Crippen LogP contribution in [-0.2, 0) is 22.4 Å². The molecule has 30 heavy (non-hydrogen) atoms. The Morgan fingerprint density at radius 2 is 2.07 bits per heavy atom. The first-order valence-corrected chi connectivity index (χ1v) is 10.7. The van der Waals surface area contributed by atoms with E-state index in [-0.39, 0.29) is 11.9 Å². The Labute approximate surface area is 179 Å². The molecule has 0 aliphatic heterocycles. The van der Waals surface area contributed by atoms with Crippen molar-refractivity contribution in [2.75, 3.05) is 13.7 Å². The molecule has 5 nitrogen and oxygen atoms in total. The highest BCUT2D eigenvalue weighted by atomic mass is 16.5. The third-order valence-corrected chi connectivity index (χ3v) is 5.63. The molecule has 0 fully saturated rings. The number of oxazole rings is 1. The van der Waals surface area contributed by atoms with Crippen LogP contribution < -0.4 is 4.74 Å². The van der Waals surface area contributed by atoms with E-state index in [1.165, 1.54) is 23.8 Å². The highest BCUT2D eigenvalue weighted by molar-refractivity contribution is 5.81. The van der Waals surface area contributed by atoms with Gasteiger partial charge in [0.25, 0.3) is 0 Å². The Morgan fingerprint density at radius 3 is 2.73 bits per heavy atom. The van der Waals surface area contributed by atoms with Gasteiger partial charge in [-0.25, -0.2) is 4.98 Å². The summed E-state index contributed by atoms with van der Waals surface area (Å²) in [6.07, 6.45) is 5.48. The lowest BCUT2D eigenvalue weighted by Crippen LogP contribution is -2.26. The molecule has 1 aromatic heterocycles. The van der Waals surface area contributed by atoms with Crippen molar-refractivity contribution in [3.8, 4) is 5.75 Å². The van der Waals surface area contributed by atoms with Crippen LogP contribution in [0, 0.1) is 12.3 Å². The van der Waals surface area contributed by atoms with Crippen molar-refractivity contribution in [1.82, 2.24) is 4.98 Å². The van der Waals surface area contributed by atoms with E-state index < -0.39 is 5.41 Å². The van der Waals surface area contributed by atoms with Crippen molar-refractivity contribution >= 4 is 11.5 Å². The molecule has 3 rings (SSSR count). The summed E-state index contributed by atoms with van der Waals surface area (Å²) in [6, 6.07) is 6.18. The van der Waals surface area contributed by atoms with Gasteiger partial charge in [0.15, 0.2) is 5.89 Å². The number of benzene rings is 1. The molecular weight excluding hydrogens is 378 g/mol. The largest absolute Gasteiger partial charge is 0.493 e. The fraction of sp³-hybridized carbons (Fsp3) is 0.520. The number of aryl methyl sites for hydroxylation is 1. The van der Waals surface area contributed by atoms with Crippen molar-refractivity contribution in [1.29, 1.82) is 0 Å². The second-order valence-electron chi connectivity index (χ2n) is 8.91. The molecule has 0 spiro atoms. The van der Waals surface area contributed by atoms with Gasteiger partial charge in [0.2, 0.25) is 0 Å². The van der Waals surface area contributed by atoms with Gasteiger partial charge in [-0.05, 0) is 57.2 Å². The summed E-state index contributed by atoms with van der Waals surface area (Å²) >= 11 is 0. The first-order chi connectivity index (χ1) is 14.2. The Bertz CT molecular complexity index is 937. The van der Waals surface area contributed by atoms with Gasteiger partial charge < -0.3 is 13.9 Å². The second kappa shape index (κ2) is 9.07. The third kappa shape index (κ3) is 4.77. The highest BCUT2D eigenvalue weighted by Crippen LogP contribution is 2.39. The van der Waals surface area contributed by atoms with E-state index in [9.17, 15) is 4.79 Å². The molecule has 1 heterocycles. The van der Waals surface area contributed by atoms with E-state index >= 15 is 0 Å². The molecule has 1 aliphatic rings. The van der Waals surface area contributed by atoms with Gasteiger partial charge in [-0.1, -0.05) is 32.1 Å². The molecule has 0 unspecified atom stereocenters. The Hall–Kier alpha value is -2.56. The molecule has 0 saturated carbocycles. The van der Waals surface area contributed by atoms with E-state index in [1.807, 2.05) is 32.9 Å². The van der Waals surface area contributed by atoms with E-state index in [2.05, 4.69) is 31.0 Å². The minimum Gasteiger partial charge on any atom is -0.493 e. The van der Waals surface area contributed by atoms with Gasteiger partial charge in [-0.15, -0.1) is 0 Å². The SMILES string of the molecule is COC(=O)C(C)(C)CC1=CCCc2c(OCCc3nc(C(C)C)oc3C)cccc21. The van der Waals surface area contributed by atoms with Crippen LogP contribution in [0.4, 0.5) is 0 Å². The Balaban J connectivity index is 1.72. The van der Waals surface area contributed by atoms with Crippen LogP contribution in [-0.4, -0.2) is 24.7 Å².